The van der Waals surface area contributed by atoms with Crippen molar-refractivity contribution in [1.82, 2.24) is 29.9 Å². The Morgan fingerprint density at radius 3 is 2.64 bits per heavy atom. The first kappa shape index (κ1) is 34.0. The SMILES string of the molecule is COC(=O)CCOCCCn1cc(CNc2nc(NC3CCN(Cc4cccc(C(=O)OC)c4)CC3)cc(N3CCOCC3)n2)nn1. The van der Waals surface area contributed by atoms with Crippen LogP contribution in [0.5, 0.6) is 0 Å². The van der Waals surface area contributed by atoms with Crippen molar-refractivity contribution < 1.29 is 28.5 Å². The number of morpholine rings is 1. The Hall–Kier alpha value is -4.34. The van der Waals surface area contributed by atoms with Crippen LogP contribution in [0.15, 0.2) is 36.5 Å². The molecule has 2 aromatic heterocycles. The maximum Gasteiger partial charge on any atom is 0.337 e. The summed E-state index contributed by atoms with van der Waals surface area (Å²) >= 11 is 0. The zero-order valence-electron chi connectivity index (χ0n) is 27.2. The Morgan fingerprint density at radius 2 is 1.85 bits per heavy atom. The van der Waals surface area contributed by atoms with Gasteiger partial charge in [-0.25, -0.2) is 4.79 Å². The number of carbonyl (C=O) groups is 2. The number of hydrogen-bond donors (Lipinski definition) is 2. The van der Waals surface area contributed by atoms with Crippen LogP contribution >= 0.6 is 0 Å². The summed E-state index contributed by atoms with van der Waals surface area (Å²) in [5.41, 5.74) is 2.45. The number of ether oxygens (including phenoxy) is 4. The molecule has 2 aliphatic rings. The van der Waals surface area contributed by atoms with Crippen LogP contribution in [-0.2, 0) is 43.4 Å². The molecule has 4 heterocycles. The molecule has 0 bridgehead atoms. The Bertz CT molecular complexity index is 1440. The van der Waals surface area contributed by atoms with Crippen molar-refractivity contribution in [2.45, 2.75) is 51.4 Å². The van der Waals surface area contributed by atoms with Gasteiger partial charge in [-0.15, -0.1) is 5.10 Å². The first-order valence-electron chi connectivity index (χ1n) is 16.1. The van der Waals surface area contributed by atoms with E-state index in [0.29, 0.717) is 51.0 Å². The topological polar surface area (TPSA) is 158 Å². The molecule has 254 valence electrons. The quantitative estimate of drug-likeness (QED) is 0.172. The third-order valence-electron chi connectivity index (χ3n) is 8.11. The van der Waals surface area contributed by atoms with Crippen molar-refractivity contribution in [2.24, 2.45) is 0 Å². The van der Waals surface area contributed by atoms with E-state index in [1.54, 1.807) is 10.7 Å². The number of nitrogens with one attached hydrogen (secondary N) is 2. The zero-order valence-corrected chi connectivity index (χ0v) is 27.2. The van der Waals surface area contributed by atoms with E-state index >= 15 is 0 Å². The molecule has 0 saturated carbocycles. The van der Waals surface area contributed by atoms with Crippen molar-refractivity contribution in [2.75, 3.05) is 82.4 Å². The summed E-state index contributed by atoms with van der Waals surface area (Å²) in [5, 5.41) is 15.5. The van der Waals surface area contributed by atoms with Gasteiger partial charge in [0.15, 0.2) is 0 Å². The molecule has 0 spiro atoms. The predicted molar refractivity (Wildman–Crippen MR) is 174 cm³/mol. The summed E-state index contributed by atoms with van der Waals surface area (Å²) in [7, 11) is 2.77. The number of esters is 2. The number of anilines is 3. The molecule has 47 heavy (non-hydrogen) atoms. The van der Waals surface area contributed by atoms with Gasteiger partial charge in [-0.1, -0.05) is 17.3 Å². The lowest BCUT2D eigenvalue weighted by Gasteiger charge is -2.33. The van der Waals surface area contributed by atoms with Crippen molar-refractivity contribution in [3.8, 4) is 0 Å². The molecule has 0 aliphatic carbocycles. The number of nitrogens with zero attached hydrogens (tertiary/aromatic N) is 7. The number of rotatable bonds is 16. The van der Waals surface area contributed by atoms with Crippen LogP contribution in [-0.4, -0.2) is 115 Å². The molecular weight excluding hydrogens is 606 g/mol. The summed E-state index contributed by atoms with van der Waals surface area (Å²) < 4.78 is 22.3. The lowest BCUT2D eigenvalue weighted by molar-refractivity contribution is -0.141. The molecule has 1 aromatic carbocycles. The maximum atomic E-state index is 11.9. The van der Waals surface area contributed by atoms with Crippen LogP contribution < -0.4 is 15.5 Å². The standard InChI is InChI=1S/C32H45N9O6/c1-44-30(42)9-16-46-15-4-10-41-23-27(37-38-41)21-33-32-35-28(20-29(36-32)40-13-17-47-18-14-40)34-26-7-11-39(12-8-26)22-24-5-3-6-25(19-24)31(43)45-2/h3,5-6,19-20,23,26H,4,7-18,21-22H2,1-2H3,(H2,33,34,35,36). The van der Waals surface area contributed by atoms with E-state index in [1.807, 2.05) is 30.5 Å². The molecule has 2 fully saturated rings. The molecule has 15 nitrogen and oxygen atoms in total. The minimum atomic E-state index is -0.316. The van der Waals surface area contributed by atoms with E-state index < -0.39 is 0 Å². The van der Waals surface area contributed by atoms with Crippen molar-refractivity contribution in [3.63, 3.8) is 0 Å². The first-order valence-corrected chi connectivity index (χ1v) is 16.1. The fourth-order valence-corrected chi connectivity index (χ4v) is 5.55. The van der Waals surface area contributed by atoms with E-state index in [-0.39, 0.29) is 24.4 Å². The van der Waals surface area contributed by atoms with Crippen LogP contribution in [0.25, 0.3) is 0 Å². The second-order valence-corrected chi connectivity index (χ2v) is 11.5. The highest BCUT2D eigenvalue weighted by atomic mass is 16.5. The van der Waals surface area contributed by atoms with Crippen molar-refractivity contribution in [3.05, 3.63) is 53.3 Å². The predicted octanol–water partition coefficient (Wildman–Crippen LogP) is 2.35. The Morgan fingerprint density at radius 1 is 1.02 bits per heavy atom. The summed E-state index contributed by atoms with van der Waals surface area (Å²) in [6, 6.07) is 9.93. The smallest absolute Gasteiger partial charge is 0.337 e. The Labute approximate surface area is 274 Å². The van der Waals surface area contributed by atoms with E-state index in [0.717, 1.165) is 74.9 Å². The highest BCUT2D eigenvalue weighted by Crippen LogP contribution is 2.23. The number of benzene rings is 1. The molecule has 0 unspecified atom stereocenters. The molecule has 3 aromatic rings. The van der Waals surface area contributed by atoms with Gasteiger partial charge in [-0.2, -0.15) is 9.97 Å². The molecule has 0 atom stereocenters. The number of methoxy groups -OCH3 is 2. The molecule has 0 amide bonds. The fourth-order valence-electron chi connectivity index (χ4n) is 5.55. The normalized spacial score (nSPS) is 15.7. The number of piperidine rings is 1. The summed E-state index contributed by atoms with van der Waals surface area (Å²) in [6.07, 6.45) is 4.83. The largest absolute Gasteiger partial charge is 0.469 e. The van der Waals surface area contributed by atoms with E-state index in [2.05, 4.69) is 35.5 Å². The number of likely N-dealkylation sites (tertiary alicyclic amines) is 1. The number of aromatic nitrogens is 5. The molecule has 0 radical (unpaired) electrons. The second kappa shape index (κ2) is 17.5. The Balaban J connectivity index is 1.13. The van der Waals surface area contributed by atoms with Crippen LogP contribution in [0.4, 0.5) is 17.6 Å². The minimum absolute atomic E-state index is 0.247. The van der Waals surface area contributed by atoms with Gasteiger partial charge in [0.25, 0.3) is 0 Å². The fraction of sp³-hybridized carbons (Fsp3) is 0.562. The molecule has 2 N–H and O–H groups in total. The molecule has 2 aliphatic heterocycles. The lowest BCUT2D eigenvalue weighted by Crippen LogP contribution is -2.39. The summed E-state index contributed by atoms with van der Waals surface area (Å²) in [6.45, 7) is 7.46. The number of hydrogen-bond acceptors (Lipinski definition) is 14. The van der Waals surface area contributed by atoms with Gasteiger partial charge in [-0.3, -0.25) is 14.4 Å². The minimum Gasteiger partial charge on any atom is -0.469 e. The highest BCUT2D eigenvalue weighted by molar-refractivity contribution is 5.89. The van der Waals surface area contributed by atoms with Gasteiger partial charge in [-0.05, 0) is 37.0 Å². The second-order valence-electron chi connectivity index (χ2n) is 11.5. The van der Waals surface area contributed by atoms with Gasteiger partial charge >= 0.3 is 11.9 Å². The average Bonchev–Trinajstić information content (AvgIpc) is 3.57. The molecular formula is C32H45N9O6. The van der Waals surface area contributed by atoms with E-state index in [4.69, 9.17) is 24.2 Å². The lowest BCUT2D eigenvalue weighted by atomic mass is 10.0. The number of carbonyl (C=O) groups excluding carboxylic acids is 2. The highest BCUT2D eigenvalue weighted by Gasteiger charge is 2.22. The van der Waals surface area contributed by atoms with Crippen molar-refractivity contribution >= 4 is 29.5 Å². The third kappa shape index (κ3) is 10.6. The van der Waals surface area contributed by atoms with Crippen molar-refractivity contribution in [1.29, 1.82) is 0 Å². The van der Waals surface area contributed by atoms with Gasteiger partial charge in [0.2, 0.25) is 5.95 Å². The van der Waals surface area contributed by atoms with Gasteiger partial charge in [0.05, 0.1) is 58.8 Å². The van der Waals surface area contributed by atoms with Gasteiger partial charge in [0, 0.05) is 58.0 Å². The van der Waals surface area contributed by atoms with Gasteiger partial charge < -0.3 is 34.5 Å². The summed E-state index contributed by atoms with van der Waals surface area (Å²) in [5.74, 6) is 1.56. The number of aryl methyl sites for hydroxylation is 1. The maximum absolute atomic E-state index is 11.9. The van der Waals surface area contributed by atoms with Crippen LogP contribution in [0, 0.1) is 0 Å². The first-order chi connectivity index (χ1) is 23.0. The molecule has 2 saturated heterocycles. The van der Waals surface area contributed by atoms with Crippen LogP contribution in [0.3, 0.4) is 0 Å². The van der Waals surface area contributed by atoms with E-state index in [9.17, 15) is 9.59 Å². The van der Waals surface area contributed by atoms with Crippen LogP contribution in [0.1, 0.15) is 47.3 Å². The van der Waals surface area contributed by atoms with Crippen LogP contribution in [0.2, 0.25) is 0 Å². The van der Waals surface area contributed by atoms with E-state index in [1.165, 1.54) is 14.2 Å². The monoisotopic (exact) mass is 651 g/mol. The summed E-state index contributed by atoms with van der Waals surface area (Å²) in [4.78, 5) is 37.4. The zero-order chi connectivity index (χ0) is 32.8. The average molecular weight is 652 g/mol. The molecule has 5 rings (SSSR count). The third-order valence-corrected chi connectivity index (χ3v) is 8.11. The Kier molecular flexibility index (Phi) is 12.7. The van der Waals surface area contributed by atoms with Gasteiger partial charge in [0.1, 0.15) is 17.3 Å². The molecule has 15 heteroatoms.